The predicted octanol–water partition coefficient (Wildman–Crippen LogP) is 3.86. The second kappa shape index (κ2) is 8.74. The highest BCUT2D eigenvalue weighted by atomic mass is 32.2. The molecule has 2 atom stereocenters. The first-order valence-corrected chi connectivity index (χ1v) is 14.7. The molecule has 2 saturated carbocycles. The van der Waals surface area contributed by atoms with E-state index in [1.807, 2.05) is 17.0 Å². The summed E-state index contributed by atoms with van der Waals surface area (Å²) in [7, 11) is 1.16. The van der Waals surface area contributed by atoms with Gasteiger partial charge in [-0.1, -0.05) is 18.2 Å². The fourth-order valence-corrected chi connectivity index (χ4v) is 8.02. The van der Waals surface area contributed by atoms with Crippen LogP contribution >= 0.6 is 11.8 Å². The highest BCUT2D eigenvalue weighted by molar-refractivity contribution is 7.98. The van der Waals surface area contributed by atoms with E-state index in [2.05, 4.69) is 22.3 Å². The number of morpholine rings is 1. The molecule has 4 heterocycles. The summed E-state index contributed by atoms with van der Waals surface area (Å²) in [6.45, 7) is -0.228. The molecule has 3 aromatic rings. The molecule has 1 aromatic heterocycles. The molecule has 2 spiro atoms. The van der Waals surface area contributed by atoms with Crippen LogP contribution < -0.4 is 15.6 Å². The number of aromatic nitrogens is 1. The Morgan fingerprint density at radius 2 is 2.02 bits per heavy atom. The van der Waals surface area contributed by atoms with Gasteiger partial charge in [0.25, 0.3) is 5.91 Å². The molecule has 3 aliphatic heterocycles. The van der Waals surface area contributed by atoms with E-state index in [1.54, 1.807) is 17.8 Å². The molecule has 8 rings (SSSR count). The van der Waals surface area contributed by atoms with Gasteiger partial charge in [-0.05, 0) is 59.7 Å². The van der Waals surface area contributed by atoms with Gasteiger partial charge in [0.1, 0.15) is 11.4 Å². The molecule has 2 aliphatic carbocycles. The van der Waals surface area contributed by atoms with Gasteiger partial charge in [-0.2, -0.15) is 0 Å². The molecule has 2 aromatic carbocycles. The van der Waals surface area contributed by atoms with E-state index in [1.165, 1.54) is 23.0 Å². The monoisotopic (exact) mass is 591 g/mol. The van der Waals surface area contributed by atoms with Crippen LogP contribution in [0.2, 0.25) is 0 Å². The van der Waals surface area contributed by atoms with Gasteiger partial charge in [0.2, 0.25) is 18.0 Å². The van der Waals surface area contributed by atoms with Gasteiger partial charge < -0.3 is 23.8 Å². The number of thioether (sulfide) groups is 1. The van der Waals surface area contributed by atoms with Crippen molar-refractivity contribution in [2.75, 3.05) is 25.9 Å². The first-order valence-electron chi connectivity index (χ1n) is 13.7. The Morgan fingerprint density at radius 1 is 1.17 bits per heavy atom. The maximum atomic E-state index is 14.4. The summed E-state index contributed by atoms with van der Waals surface area (Å²) in [5, 5.41) is 0. The second-order valence-corrected chi connectivity index (χ2v) is 12.4. The van der Waals surface area contributed by atoms with Crippen LogP contribution in [0.1, 0.15) is 52.0 Å². The van der Waals surface area contributed by atoms with Crippen molar-refractivity contribution in [2.24, 2.45) is 0 Å². The fraction of sp³-hybridized carbons (Fsp3) is 0.367. The van der Waals surface area contributed by atoms with Crippen LogP contribution in [-0.4, -0.2) is 53.3 Å². The summed E-state index contributed by atoms with van der Waals surface area (Å²) in [6, 6.07) is 12.4. The van der Waals surface area contributed by atoms with E-state index in [4.69, 9.17) is 14.2 Å². The summed E-state index contributed by atoms with van der Waals surface area (Å²) >= 11 is 1.67. The van der Waals surface area contributed by atoms with Crippen molar-refractivity contribution in [3.63, 3.8) is 0 Å². The number of fused-ring (bicyclic) bond motifs is 4. The lowest BCUT2D eigenvalue weighted by molar-refractivity contribution is -0.102. The zero-order chi connectivity index (χ0) is 28.9. The number of nitrogens with one attached hydrogen (secondary N) is 1. The number of ether oxygens (including phenoxy) is 4. The number of rotatable bonds is 4. The Hall–Kier alpha value is -4.03. The lowest BCUT2D eigenvalue weighted by Gasteiger charge is -2.50. The van der Waals surface area contributed by atoms with Crippen molar-refractivity contribution in [3.05, 3.63) is 92.6 Å². The summed E-state index contributed by atoms with van der Waals surface area (Å²) in [4.78, 5) is 41.6. The molecule has 1 N–H and O–H groups in total. The van der Waals surface area contributed by atoms with Gasteiger partial charge >= 0.3 is 6.16 Å². The maximum Gasteiger partial charge on any atom is 0.510 e. The molecule has 5 aliphatic rings. The summed E-state index contributed by atoms with van der Waals surface area (Å²) < 4.78 is 37.2. The minimum absolute atomic E-state index is 0.0361. The smallest absolute Gasteiger partial charge is 0.451 e. The topological polar surface area (TPSA) is 108 Å². The quantitative estimate of drug-likeness (QED) is 0.358. The number of benzene rings is 2. The zero-order valence-corrected chi connectivity index (χ0v) is 23.4. The Bertz CT molecular complexity index is 1760. The number of hydrogen-bond donors (Lipinski definition) is 1. The minimum atomic E-state index is -0.968. The van der Waals surface area contributed by atoms with E-state index in [0.717, 1.165) is 47.1 Å². The molecule has 12 heteroatoms. The molecule has 216 valence electrons. The standard InChI is InChI=1S/C30H26FN3O7S/c1-38-27(37)40-16-39-25-22(35)7-10-33-24(25)26(36)34-28(8-9-28)15-41-29(14-30(29,34)32-33)21-3-2-4-23-20(21)12-17-5-6-19(31)11-18(17)13-42-23/h2-7,10-11,32H,8-9,12-16H2,1H3/t29-,30?/m0/s1. The van der Waals surface area contributed by atoms with Crippen molar-refractivity contribution in [1.29, 1.82) is 0 Å². The zero-order valence-electron chi connectivity index (χ0n) is 22.6. The molecule has 10 nitrogen and oxygen atoms in total. The van der Waals surface area contributed by atoms with Crippen molar-refractivity contribution in [2.45, 2.75) is 53.1 Å². The molecular formula is C30H26FN3O7S. The van der Waals surface area contributed by atoms with Crippen LogP contribution in [0.15, 0.2) is 58.4 Å². The number of pyridine rings is 1. The van der Waals surface area contributed by atoms with Gasteiger partial charge in [-0.15, -0.1) is 11.8 Å². The predicted molar refractivity (Wildman–Crippen MR) is 147 cm³/mol. The fourth-order valence-electron chi connectivity index (χ4n) is 6.91. The van der Waals surface area contributed by atoms with Gasteiger partial charge in [0, 0.05) is 29.3 Å². The van der Waals surface area contributed by atoms with Crippen LogP contribution in [-0.2, 0) is 32.0 Å². The van der Waals surface area contributed by atoms with Crippen molar-refractivity contribution >= 4 is 23.8 Å². The molecule has 0 radical (unpaired) electrons. The van der Waals surface area contributed by atoms with Gasteiger partial charge in [0.05, 0.1) is 19.3 Å². The highest BCUT2D eigenvalue weighted by Crippen LogP contribution is 2.70. The third-order valence-electron chi connectivity index (χ3n) is 9.12. The van der Waals surface area contributed by atoms with Crippen molar-refractivity contribution in [3.8, 4) is 5.75 Å². The van der Waals surface area contributed by atoms with E-state index in [9.17, 15) is 18.8 Å². The first kappa shape index (κ1) is 25.7. The Balaban J connectivity index is 1.22. The average Bonchev–Trinajstić information content (AvgIpc) is 3.90. The van der Waals surface area contributed by atoms with Crippen LogP contribution in [0.4, 0.5) is 9.18 Å². The number of nitrogens with zero attached hydrogens (tertiary/aromatic N) is 2. The van der Waals surface area contributed by atoms with E-state index >= 15 is 0 Å². The third kappa shape index (κ3) is 3.45. The van der Waals surface area contributed by atoms with Crippen LogP contribution in [0.3, 0.4) is 0 Å². The Morgan fingerprint density at radius 3 is 2.83 bits per heavy atom. The molecule has 42 heavy (non-hydrogen) atoms. The number of hydrogen-bond acceptors (Lipinski definition) is 9. The van der Waals surface area contributed by atoms with E-state index < -0.39 is 35.2 Å². The molecule has 0 bridgehead atoms. The number of amides is 1. The third-order valence-corrected chi connectivity index (χ3v) is 10.3. The van der Waals surface area contributed by atoms with Crippen LogP contribution in [0.25, 0.3) is 0 Å². The summed E-state index contributed by atoms with van der Waals surface area (Å²) in [5.74, 6) is -0.142. The minimum Gasteiger partial charge on any atom is -0.451 e. The maximum absolute atomic E-state index is 14.4. The average molecular weight is 592 g/mol. The van der Waals surface area contributed by atoms with Crippen molar-refractivity contribution in [1.82, 2.24) is 9.58 Å². The summed E-state index contributed by atoms with van der Waals surface area (Å²) in [5.41, 5.74) is 4.99. The van der Waals surface area contributed by atoms with Gasteiger partial charge in [-0.25, -0.2) is 9.18 Å². The number of carbonyl (C=O) groups excluding carboxylic acids is 2. The summed E-state index contributed by atoms with van der Waals surface area (Å²) in [6.07, 6.45) is 3.23. The molecule has 1 amide bonds. The second-order valence-electron chi connectivity index (χ2n) is 11.4. The highest BCUT2D eigenvalue weighted by Gasteiger charge is 2.83. The normalized spacial score (nSPS) is 25.5. The largest absolute Gasteiger partial charge is 0.510 e. The lowest BCUT2D eigenvalue weighted by atomic mass is 9.91. The SMILES string of the molecule is COC(=O)OCOc1c2n(ccc1=O)NC13C[C@@]1(c1cccc4c1Cc1ccc(F)cc1CS4)OCC1(CC1)N3C2=O. The number of carbonyl (C=O) groups is 2. The van der Waals surface area contributed by atoms with E-state index in [0.29, 0.717) is 25.2 Å². The van der Waals surface area contributed by atoms with Crippen molar-refractivity contribution < 1.29 is 32.9 Å². The molecule has 1 unspecified atom stereocenters. The first-order chi connectivity index (χ1) is 20.3. The molecule has 3 fully saturated rings. The van der Waals surface area contributed by atoms with Gasteiger partial charge in [0.15, 0.2) is 11.4 Å². The Kier molecular flexibility index (Phi) is 5.34. The molecule has 1 saturated heterocycles. The lowest BCUT2D eigenvalue weighted by Crippen LogP contribution is -2.67. The van der Waals surface area contributed by atoms with Gasteiger partial charge in [-0.3, -0.25) is 19.7 Å². The van der Waals surface area contributed by atoms with Crippen LogP contribution in [0, 0.1) is 5.82 Å². The molecular weight excluding hydrogens is 565 g/mol. The number of methoxy groups -OCH3 is 1. The van der Waals surface area contributed by atoms with Crippen LogP contribution in [0.5, 0.6) is 5.75 Å². The Labute approximate surface area is 243 Å². The van der Waals surface area contributed by atoms with E-state index in [-0.39, 0.29) is 23.2 Å². The number of halogens is 1.